The van der Waals surface area contributed by atoms with Crippen LogP contribution in [0.5, 0.6) is 5.75 Å². The number of imide groups is 1. The Kier molecular flexibility index (Phi) is 11.5. The largest absolute Gasteiger partial charge is 0.496 e. The number of imidazole rings is 1. The first kappa shape index (κ1) is 40.4. The van der Waals surface area contributed by atoms with Gasteiger partial charge in [-0.2, -0.15) is 0 Å². The average molecular weight is 819 g/mol. The second-order valence-corrected chi connectivity index (χ2v) is 15.6. The van der Waals surface area contributed by atoms with E-state index in [1.54, 1.807) is 29.8 Å². The minimum atomic E-state index is -0.721. The maximum Gasteiger partial charge on any atom is 0.329 e. The molecular formula is C44H51FN10O5. The molecule has 0 spiro atoms. The van der Waals surface area contributed by atoms with Gasteiger partial charge in [0.25, 0.3) is 0 Å². The predicted octanol–water partition coefficient (Wildman–Crippen LogP) is 3.59. The number of rotatable bonds is 12. The summed E-state index contributed by atoms with van der Waals surface area (Å²) in [6.45, 7) is 5.23. The molecule has 3 amide bonds. The lowest BCUT2D eigenvalue weighted by atomic mass is 9.92. The van der Waals surface area contributed by atoms with Gasteiger partial charge in [0.05, 0.1) is 23.7 Å². The Hall–Kier alpha value is -6.39. The zero-order valence-electron chi connectivity index (χ0n) is 34.0. The Balaban J connectivity index is 0.957. The number of hydrogen-bond acceptors (Lipinski definition) is 10. The number of piperidine rings is 1. The number of nitrogens with two attached hydrogens (primary N) is 2. The Bertz CT molecular complexity index is 2580. The molecule has 3 aliphatic heterocycles. The van der Waals surface area contributed by atoms with Crippen LogP contribution in [0.1, 0.15) is 42.9 Å². The van der Waals surface area contributed by atoms with Crippen LogP contribution >= 0.6 is 0 Å². The van der Waals surface area contributed by atoms with Crippen molar-refractivity contribution in [3.05, 3.63) is 101 Å². The first-order valence-electron chi connectivity index (χ1n) is 20.4. The number of aromatic amines is 1. The molecule has 15 nitrogen and oxygen atoms in total. The average Bonchev–Trinajstić information content (AvgIpc) is 3.86. The second kappa shape index (κ2) is 17.1. The van der Waals surface area contributed by atoms with Gasteiger partial charge < -0.3 is 30.3 Å². The number of piperazine rings is 1. The normalized spacial score (nSPS) is 17.8. The molecule has 2 saturated heterocycles. The lowest BCUT2D eigenvalue weighted by Crippen LogP contribution is -2.47. The summed E-state index contributed by atoms with van der Waals surface area (Å²) in [7, 11) is 3.38. The van der Waals surface area contributed by atoms with Crippen molar-refractivity contribution in [3.8, 4) is 16.9 Å². The topological polar surface area (TPSA) is 180 Å². The maximum absolute atomic E-state index is 16.2. The van der Waals surface area contributed by atoms with Crippen LogP contribution < -0.4 is 32.2 Å². The number of fused-ring (bicyclic) bond motifs is 2. The lowest BCUT2D eigenvalue weighted by Gasteiger charge is -2.36. The zero-order valence-corrected chi connectivity index (χ0v) is 34.0. The van der Waals surface area contributed by atoms with Crippen LogP contribution in [0.15, 0.2) is 78.0 Å². The number of benzene rings is 3. The van der Waals surface area contributed by atoms with Gasteiger partial charge in [0.2, 0.25) is 17.7 Å². The van der Waals surface area contributed by atoms with Crippen molar-refractivity contribution in [2.24, 2.45) is 18.6 Å². The highest BCUT2D eigenvalue weighted by molar-refractivity contribution is 6.01. The fourth-order valence-corrected chi connectivity index (χ4v) is 8.93. The zero-order chi connectivity index (χ0) is 42.1. The minimum absolute atomic E-state index is 0.0638. The molecule has 2 fully saturated rings. The van der Waals surface area contributed by atoms with E-state index in [-0.39, 0.29) is 42.7 Å². The van der Waals surface area contributed by atoms with Gasteiger partial charge in [-0.3, -0.25) is 33.7 Å². The summed E-state index contributed by atoms with van der Waals surface area (Å²) < 4.78 is 25.4. The molecule has 3 aliphatic rings. The van der Waals surface area contributed by atoms with E-state index in [4.69, 9.17) is 16.3 Å². The Morgan fingerprint density at radius 1 is 1.03 bits per heavy atom. The number of H-pyrrole nitrogens is 1. The molecule has 1 atom stereocenters. The molecule has 16 heteroatoms. The summed E-state index contributed by atoms with van der Waals surface area (Å²) in [5.41, 5.74) is 12.0. The molecule has 0 saturated carbocycles. The number of hydrazine groups is 1. The molecular weight excluding hydrogens is 768 g/mol. The fourth-order valence-electron chi connectivity index (χ4n) is 8.93. The van der Waals surface area contributed by atoms with Crippen LogP contribution in [0.2, 0.25) is 0 Å². The van der Waals surface area contributed by atoms with Crippen molar-refractivity contribution in [1.29, 1.82) is 0 Å². The molecule has 0 radical (unpaired) electrons. The van der Waals surface area contributed by atoms with Gasteiger partial charge in [0.15, 0.2) is 5.82 Å². The number of amides is 3. The standard InChI is InChI=1S/C44H51FN10O5/c1-50-42-28(5-3-7-35(42)55(44(50)59)36-10-11-38(56)49-43(36)58)13-18-51-21-23-52(24-22-51)30-8-9-31(37(25-30)60-2)34-26-33(40(45)41-32(34)12-16-48-41)29-6-4-17-53(27-29)39(57)14-19-54(47)20-15-46/h3,5-9,12,15-16,20,25-26,36,48H,4,10-11,13-14,17-19,21-24,27,46-47H2,1-2H3,(H,49,56,58)/b20-15-. The number of halogens is 1. The molecule has 1 unspecified atom stereocenters. The van der Waals surface area contributed by atoms with Crippen LogP contribution in [-0.4, -0.2) is 106 Å². The molecule has 6 N–H and O–H groups in total. The van der Waals surface area contributed by atoms with E-state index < -0.39 is 11.9 Å². The first-order chi connectivity index (χ1) is 29.1. The van der Waals surface area contributed by atoms with E-state index in [1.807, 2.05) is 48.5 Å². The Morgan fingerprint density at radius 2 is 1.85 bits per heavy atom. The third kappa shape index (κ3) is 7.75. The molecule has 60 heavy (non-hydrogen) atoms. The third-order valence-corrected chi connectivity index (χ3v) is 12.1. The number of ether oxygens (including phenoxy) is 1. The van der Waals surface area contributed by atoms with Crippen LogP contribution in [0.3, 0.4) is 0 Å². The predicted molar refractivity (Wildman–Crippen MR) is 229 cm³/mol. The molecule has 0 bridgehead atoms. The SMILES string of the molecule is COc1cc(N2CCN(CCc3cccc4c3n(C)c(=O)n4C3CCC(=O)NC3=O)CC2)ccc1-c1cc(C2=CCCN(C(=O)CCN(N)/C=C\N)C2)c(F)c2[nH]ccc12. The quantitative estimate of drug-likeness (QED) is 0.0826. The van der Waals surface area contributed by atoms with E-state index in [1.165, 1.54) is 22.0 Å². The summed E-state index contributed by atoms with van der Waals surface area (Å²) in [6, 6.07) is 15.0. The molecule has 5 heterocycles. The number of methoxy groups -OCH3 is 1. The second-order valence-electron chi connectivity index (χ2n) is 15.6. The lowest BCUT2D eigenvalue weighted by molar-refractivity contribution is -0.136. The number of carbonyl (C=O) groups excluding carboxylic acids is 3. The van der Waals surface area contributed by atoms with Crippen LogP contribution in [0.4, 0.5) is 10.1 Å². The van der Waals surface area contributed by atoms with Gasteiger partial charge in [-0.15, -0.1) is 0 Å². The number of aromatic nitrogens is 3. The van der Waals surface area contributed by atoms with Crippen molar-refractivity contribution in [1.82, 2.24) is 34.2 Å². The van der Waals surface area contributed by atoms with E-state index in [2.05, 4.69) is 26.2 Å². The first-order valence-corrected chi connectivity index (χ1v) is 20.4. The summed E-state index contributed by atoms with van der Waals surface area (Å²) in [5, 5.41) is 4.48. The summed E-state index contributed by atoms with van der Waals surface area (Å²) >= 11 is 0. The number of para-hydroxylation sites is 1. The Labute approximate surface area is 346 Å². The van der Waals surface area contributed by atoms with Crippen molar-refractivity contribution in [2.75, 3.05) is 64.4 Å². The van der Waals surface area contributed by atoms with Gasteiger partial charge >= 0.3 is 5.69 Å². The molecule has 5 aromatic rings. The number of aryl methyl sites for hydroxylation is 1. The maximum atomic E-state index is 16.2. The van der Waals surface area contributed by atoms with Crippen LogP contribution in [0.25, 0.3) is 38.6 Å². The molecule has 2 aromatic heterocycles. The highest BCUT2D eigenvalue weighted by Gasteiger charge is 2.32. The smallest absolute Gasteiger partial charge is 0.329 e. The van der Waals surface area contributed by atoms with Gasteiger partial charge in [0, 0.05) is 119 Å². The highest BCUT2D eigenvalue weighted by atomic mass is 19.1. The minimum Gasteiger partial charge on any atom is -0.496 e. The van der Waals surface area contributed by atoms with Gasteiger partial charge in [0.1, 0.15) is 11.8 Å². The molecule has 8 rings (SSSR count). The number of carbonyl (C=O) groups is 3. The fraction of sp³-hybridized carbons (Fsp3) is 0.364. The van der Waals surface area contributed by atoms with Gasteiger partial charge in [-0.1, -0.05) is 18.2 Å². The summed E-state index contributed by atoms with van der Waals surface area (Å²) in [5.74, 6) is 5.35. The molecule has 314 valence electrons. The van der Waals surface area contributed by atoms with Gasteiger partial charge in [-0.05, 0) is 66.3 Å². The number of anilines is 1. The van der Waals surface area contributed by atoms with Crippen molar-refractivity contribution in [3.63, 3.8) is 0 Å². The highest BCUT2D eigenvalue weighted by Crippen LogP contribution is 2.41. The third-order valence-electron chi connectivity index (χ3n) is 12.1. The summed E-state index contributed by atoms with van der Waals surface area (Å²) in [6.07, 6.45) is 8.61. The van der Waals surface area contributed by atoms with Crippen molar-refractivity contribution >= 4 is 50.9 Å². The van der Waals surface area contributed by atoms with Crippen molar-refractivity contribution < 1.29 is 23.5 Å². The monoisotopic (exact) mass is 818 g/mol. The van der Waals surface area contributed by atoms with Crippen LogP contribution in [-0.2, 0) is 27.9 Å². The summed E-state index contributed by atoms with van der Waals surface area (Å²) in [4.78, 5) is 60.6. The van der Waals surface area contributed by atoms with E-state index in [0.717, 1.165) is 78.0 Å². The number of hydrogen-bond donors (Lipinski definition) is 4. The van der Waals surface area contributed by atoms with Gasteiger partial charge in [-0.25, -0.2) is 15.0 Å². The Morgan fingerprint density at radius 3 is 2.62 bits per heavy atom. The van der Waals surface area contributed by atoms with E-state index in [0.29, 0.717) is 48.3 Å². The van der Waals surface area contributed by atoms with Crippen LogP contribution in [0, 0.1) is 5.82 Å². The number of nitrogens with one attached hydrogen (secondary N) is 2. The van der Waals surface area contributed by atoms with E-state index >= 15 is 4.39 Å². The molecule has 3 aromatic carbocycles. The number of nitrogens with zero attached hydrogens (tertiary/aromatic N) is 6. The molecule has 0 aliphatic carbocycles. The van der Waals surface area contributed by atoms with Crippen molar-refractivity contribution in [2.45, 2.75) is 38.1 Å². The van der Waals surface area contributed by atoms with E-state index in [9.17, 15) is 19.2 Å².